The highest BCUT2D eigenvalue weighted by Gasteiger charge is 2.63. The van der Waals surface area contributed by atoms with E-state index in [1.54, 1.807) is 6.92 Å². The molecule has 0 radical (unpaired) electrons. The minimum absolute atomic E-state index is 0.0192. The van der Waals surface area contributed by atoms with Gasteiger partial charge in [0.2, 0.25) is 0 Å². The smallest absolute Gasteiger partial charge is 0.266 e. The molecule has 3 atom stereocenters. The number of nitrogens with zero attached hydrogens (tertiary/aromatic N) is 2. The summed E-state index contributed by atoms with van der Waals surface area (Å²) < 4.78 is 41.5. The fourth-order valence-corrected chi connectivity index (χ4v) is 3.05. The van der Waals surface area contributed by atoms with Crippen molar-refractivity contribution < 1.29 is 13.2 Å². The molecule has 2 aliphatic carbocycles. The van der Waals surface area contributed by atoms with Crippen molar-refractivity contribution in [2.45, 2.75) is 44.8 Å². The molecule has 2 nitrogen and oxygen atoms in total. The summed E-state index contributed by atoms with van der Waals surface area (Å²) in [6.45, 7) is 3.73. The number of rotatable bonds is 2. The Morgan fingerprint density at radius 1 is 1.56 bits per heavy atom. The first-order valence-corrected chi connectivity index (χ1v) is 5.56. The predicted octanol–water partition coefficient (Wildman–Crippen LogP) is 3.14. The van der Waals surface area contributed by atoms with Gasteiger partial charge in [-0.2, -0.15) is 5.10 Å². The second-order valence-corrected chi connectivity index (χ2v) is 4.79. The van der Waals surface area contributed by atoms with Gasteiger partial charge in [-0.05, 0) is 26.2 Å². The third-order valence-corrected chi connectivity index (χ3v) is 3.84. The molecule has 0 aromatic carbocycles. The quantitative estimate of drug-likeness (QED) is 0.763. The van der Waals surface area contributed by atoms with Gasteiger partial charge in [-0.25, -0.2) is 13.2 Å². The molecule has 0 amide bonds. The highest BCUT2D eigenvalue weighted by atomic mass is 19.3. The average molecular weight is 230 g/mol. The van der Waals surface area contributed by atoms with Crippen molar-refractivity contribution in [2.75, 3.05) is 0 Å². The number of hydrogen-bond donors (Lipinski definition) is 0. The molecule has 1 aromatic heterocycles. The van der Waals surface area contributed by atoms with Gasteiger partial charge in [-0.3, -0.25) is 4.68 Å². The molecule has 1 saturated carbocycles. The molecule has 2 aliphatic rings. The molecular weight excluding hydrogens is 217 g/mol. The normalized spacial score (nSPS) is 35.4. The van der Waals surface area contributed by atoms with E-state index in [1.807, 2.05) is 0 Å². The Kier molecular flexibility index (Phi) is 1.79. The maximum Gasteiger partial charge on any atom is 0.282 e. The van der Waals surface area contributed by atoms with Crippen LogP contribution in [-0.2, 0) is 12.2 Å². The number of aromatic nitrogens is 2. The van der Waals surface area contributed by atoms with Crippen LogP contribution >= 0.6 is 0 Å². The van der Waals surface area contributed by atoms with Crippen molar-refractivity contribution in [3.63, 3.8) is 0 Å². The Balaban J connectivity index is 2.22. The SMILES string of the molecule is CCn1nc(C(F)F)c2c1C(C)(F)C1CC21. The maximum atomic E-state index is 14.5. The molecule has 1 heterocycles. The summed E-state index contributed by atoms with van der Waals surface area (Å²) in [5.74, 6) is -0.120. The van der Waals surface area contributed by atoms with E-state index in [0.29, 0.717) is 24.2 Å². The first-order valence-electron chi connectivity index (χ1n) is 5.56. The van der Waals surface area contributed by atoms with Gasteiger partial charge in [0.05, 0.1) is 5.69 Å². The van der Waals surface area contributed by atoms with Crippen LogP contribution in [0.15, 0.2) is 0 Å². The monoisotopic (exact) mass is 230 g/mol. The second kappa shape index (κ2) is 2.81. The summed E-state index contributed by atoms with van der Waals surface area (Å²) in [5, 5.41) is 3.85. The molecule has 88 valence electrons. The summed E-state index contributed by atoms with van der Waals surface area (Å²) in [4.78, 5) is 0. The first kappa shape index (κ1) is 10.2. The van der Waals surface area contributed by atoms with Gasteiger partial charge >= 0.3 is 0 Å². The van der Waals surface area contributed by atoms with E-state index >= 15 is 0 Å². The van der Waals surface area contributed by atoms with E-state index in [9.17, 15) is 13.2 Å². The van der Waals surface area contributed by atoms with Crippen molar-refractivity contribution in [3.05, 3.63) is 17.0 Å². The zero-order valence-electron chi connectivity index (χ0n) is 9.17. The Hall–Kier alpha value is -1.00. The van der Waals surface area contributed by atoms with Crippen molar-refractivity contribution >= 4 is 0 Å². The van der Waals surface area contributed by atoms with Crippen LogP contribution in [0.2, 0.25) is 0 Å². The van der Waals surface area contributed by atoms with E-state index in [4.69, 9.17) is 0 Å². The van der Waals surface area contributed by atoms with Gasteiger partial charge in [-0.1, -0.05) is 0 Å². The van der Waals surface area contributed by atoms with Crippen molar-refractivity contribution in [2.24, 2.45) is 5.92 Å². The van der Waals surface area contributed by atoms with Crippen LogP contribution in [0.1, 0.15) is 49.6 Å². The van der Waals surface area contributed by atoms with E-state index in [1.165, 1.54) is 11.6 Å². The van der Waals surface area contributed by atoms with Crippen LogP contribution in [0.5, 0.6) is 0 Å². The Labute approximate surface area is 91.4 Å². The molecule has 3 unspecified atom stereocenters. The van der Waals surface area contributed by atoms with Gasteiger partial charge < -0.3 is 0 Å². The molecule has 0 saturated heterocycles. The van der Waals surface area contributed by atoms with Crippen LogP contribution in [-0.4, -0.2) is 9.78 Å². The molecule has 3 rings (SSSR count). The molecular formula is C11H13F3N2. The molecule has 0 aliphatic heterocycles. The number of fused-ring (bicyclic) bond motifs is 3. The molecule has 16 heavy (non-hydrogen) atoms. The highest BCUT2D eigenvalue weighted by molar-refractivity contribution is 5.47. The van der Waals surface area contributed by atoms with Gasteiger partial charge in [0, 0.05) is 18.0 Å². The lowest BCUT2D eigenvalue weighted by Crippen LogP contribution is -2.21. The minimum atomic E-state index is -2.60. The standard InChI is InChI=1S/C11H13F3N2/c1-3-16-9-7(8(15-16)10(12)13)5-4-6(5)11(9,2)14/h5-6,10H,3-4H2,1-2H3. The van der Waals surface area contributed by atoms with Gasteiger partial charge in [0.25, 0.3) is 6.43 Å². The molecule has 1 fully saturated rings. The van der Waals surface area contributed by atoms with Crippen molar-refractivity contribution in [1.82, 2.24) is 9.78 Å². The van der Waals surface area contributed by atoms with Crippen LogP contribution in [0.25, 0.3) is 0 Å². The van der Waals surface area contributed by atoms with Crippen molar-refractivity contribution in [1.29, 1.82) is 0 Å². The summed E-state index contributed by atoms with van der Waals surface area (Å²) >= 11 is 0. The van der Waals surface area contributed by atoms with E-state index in [-0.39, 0.29) is 17.5 Å². The molecule has 5 heteroatoms. The van der Waals surface area contributed by atoms with Gasteiger partial charge in [-0.15, -0.1) is 0 Å². The number of halogens is 3. The molecule has 0 spiro atoms. The average Bonchev–Trinajstić information content (AvgIpc) is 2.85. The Morgan fingerprint density at radius 3 is 2.81 bits per heavy atom. The zero-order valence-corrected chi connectivity index (χ0v) is 9.17. The predicted molar refractivity (Wildman–Crippen MR) is 52.2 cm³/mol. The molecule has 1 aromatic rings. The maximum absolute atomic E-state index is 14.5. The first-order chi connectivity index (χ1) is 7.48. The van der Waals surface area contributed by atoms with E-state index < -0.39 is 12.1 Å². The van der Waals surface area contributed by atoms with E-state index in [0.717, 1.165) is 0 Å². The van der Waals surface area contributed by atoms with Crippen LogP contribution in [0.3, 0.4) is 0 Å². The van der Waals surface area contributed by atoms with E-state index in [2.05, 4.69) is 5.10 Å². The lowest BCUT2D eigenvalue weighted by Gasteiger charge is -2.18. The fraction of sp³-hybridized carbons (Fsp3) is 0.727. The van der Waals surface area contributed by atoms with Crippen molar-refractivity contribution in [3.8, 4) is 0 Å². The largest absolute Gasteiger partial charge is 0.282 e. The fourth-order valence-electron chi connectivity index (χ4n) is 3.05. The Morgan fingerprint density at radius 2 is 2.25 bits per heavy atom. The summed E-state index contributed by atoms with van der Waals surface area (Å²) in [6.07, 6.45) is -1.91. The molecule has 0 N–H and O–H groups in total. The Bertz CT molecular complexity index is 450. The minimum Gasteiger partial charge on any atom is -0.266 e. The van der Waals surface area contributed by atoms with Crippen LogP contribution in [0.4, 0.5) is 13.2 Å². The topological polar surface area (TPSA) is 17.8 Å². The summed E-state index contributed by atoms with van der Waals surface area (Å²) in [6, 6.07) is 0. The number of aryl methyl sites for hydroxylation is 1. The van der Waals surface area contributed by atoms with Crippen LogP contribution < -0.4 is 0 Å². The highest BCUT2D eigenvalue weighted by Crippen LogP contribution is 2.67. The molecule has 0 bridgehead atoms. The summed E-state index contributed by atoms with van der Waals surface area (Å²) in [5.41, 5.74) is -0.792. The lowest BCUT2D eigenvalue weighted by molar-refractivity contribution is 0.141. The van der Waals surface area contributed by atoms with Gasteiger partial charge in [0.15, 0.2) is 5.67 Å². The lowest BCUT2D eigenvalue weighted by atomic mass is 10.0. The third kappa shape index (κ3) is 1.01. The second-order valence-electron chi connectivity index (χ2n) is 4.79. The third-order valence-electron chi connectivity index (χ3n) is 3.84. The summed E-state index contributed by atoms with van der Waals surface area (Å²) in [7, 11) is 0. The zero-order chi connectivity index (χ0) is 11.7. The number of hydrogen-bond acceptors (Lipinski definition) is 1. The van der Waals surface area contributed by atoms with Gasteiger partial charge in [0.1, 0.15) is 5.69 Å². The number of alkyl halides is 3. The van der Waals surface area contributed by atoms with Crippen LogP contribution in [0, 0.1) is 5.92 Å².